The first-order valence-electron chi connectivity index (χ1n) is 6.48. The molecule has 2 atom stereocenters. The van der Waals surface area contributed by atoms with Crippen LogP contribution in [0, 0.1) is 17.2 Å². The van der Waals surface area contributed by atoms with Gasteiger partial charge in [-0.15, -0.1) is 11.3 Å². The molecule has 2 aromatic rings. The Balaban J connectivity index is 1.98. The van der Waals surface area contributed by atoms with Crippen molar-refractivity contribution in [1.82, 2.24) is 5.32 Å². The number of thiophene rings is 1. The van der Waals surface area contributed by atoms with E-state index >= 15 is 0 Å². The van der Waals surface area contributed by atoms with Crippen LogP contribution in [0.25, 0.3) is 0 Å². The highest BCUT2D eigenvalue weighted by Gasteiger charge is 2.20. The number of nitrogens with zero attached hydrogens (tertiary/aromatic N) is 1. The molecule has 1 N–H and O–H groups in total. The van der Waals surface area contributed by atoms with Crippen molar-refractivity contribution in [2.24, 2.45) is 5.92 Å². The number of hydrogen-bond acceptors (Lipinski definition) is 3. The molecule has 0 saturated heterocycles. The van der Waals surface area contributed by atoms with E-state index in [1.165, 1.54) is 0 Å². The first-order valence-corrected chi connectivity index (χ1v) is 7.36. The average molecular weight is 284 g/mol. The number of hydrogen-bond donors (Lipinski definition) is 1. The molecule has 0 spiro atoms. The van der Waals surface area contributed by atoms with Gasteiger partial charge in [-0.25, -0.2) is 0 Å². The summed E-state index contributed by atoms with van der Waals surface area (Å²) in [6, 6.07) is 15.6. The van der Waals surface area contributed by atoms with Crippen LogP contribution in [0.5, 0.6) is 0 Å². The topological polar surface area (TPSA) is 52.9 Å². The lowest BCUT2D eigenvalue weighted by molar-refractivity contribution is -0.124. The van der Waals surface area contributed by atoms with Crippen LogP contribution in [0.2, 0.25) is 0 Å². The van der Waals surface area contributed by atoms with Crippen LogP contribution in [0.3, 0.4) is 0 Å². The Labute approximate surface area is 122 Å². The average Bonchev–Trinajstić information content (AvgIpc) is 3.00. The molecule has 0 aliphatic carbocycles. The molecule has 20 heavy (non-hydrogen) atoms. The van der Waals surface area contributed by atoms with Gasteiger partial charge in [0, 0.05) is 4.88 Å². The number of nitrogens with one attached hydrogen (secondary N) is 1. The predicted molar refractivity (Wildman–Crippen MR) is 80.1 cm³/mol. The molecule has 2 rings (SSSR count). The molecule has 1 aromatic carbocycles. The van der Waals surface area contributed by atoms with Crippen molar-refractivity contribution < 1.29 is 4.79 Å². The summed E-state index contributed by atoms with van der Waals surface area (Å²) in [5.41, 5.74) is 0.998. The first kappa shape index (κ1) is 14.3. The molecular formula is C16H16N2OS. The zero-order valence-electron chi connectivity index (χ0n) is 11.2. The standard InChI is InChI=1S/C16H16N2OS/c1-12(15-8-5-9-20-15)18-16(19)14(11-17)10-13-6-3-2-4-7-13/h2-9,12,14H,10H2,1H3,(H,18,19). The number of benzene rings is 1. The van der Waals surface area contributed by atoms with E-state index in [2.05, 4.69) is 11.4 Å². The molecule has 0 bridgehead atoms. The molecule has 1 aromatic heterocycles. The van der Waals surface area contributed by atoms with Crippen molar-refractivity contribution in [2.75, 3.05) is 0 Å². The third kappa shape index (κ3) is 3.69. The highest BCUT2D eigenvalue weighted by Crippen LogP contribution is 2.19. The van der Waals surface area contributed by atoms with Crippen molar-refractivity contribution in [2.45, 2.75) is 19.4 Å². The van der Waals surface area contributed by atoms with Crippen LogP contribution in [0.15, 0.2) is 47.8 Å². The van der Waals surface area contributed by atoms with E-state index in [9.17, 15) is 10.1 Å². The summed E-state index contributed by atoms with van der Waals surface area (Å²) in [5.74, 6) is -0.864. The minimum atomic E-state index is -0.653. The molecule has 0 aliphatic rings. The highest BCUT2D eigenvalue weighted by atomic mass is 32.1. The van der Waals surface area contributed by atoms with Gasteiger partial charge in [-0.3, -0.25) is 4.79 Å². The first-order chi connectivity index (χ1) is 9.70. The molecule has 0 fully saturated rings. The Morgan fingerprint density at radius 3 is 2.65 bits per heavy atom. The Morgan fingerprint density at radius 2 is 2.05 bits per heavy atom. The van der Waals surface area contributed by atoms with E-state index in [0.717, 1.165) is 10.4 Å². The molecule has 0 aliphatic heterocycles. The van der Waals surface area contributed by atoms with Crippen molar-refractivity contribution in [3.63, 3.8) is 0 Å². The fourth-order valence-electron chi connectivity index (χ4n) is 1.97. The fraction of sp³-hybridized carbons (Fsp3) is 0.250. The summed E-state index contributed by atoms with van der Waals surface area (Å²) in [4.78, 5) is 13.2. The van der Waals surface area contributed by atoms with Crippen molar-refractivity contribution in [3.8, 4) is 6.07 Å². The molecule has 1 amide bonds. The van der Waals surface area contributed by atoms with E-state index in [1.807, 2.05) is 54.8 Å². The quantitative estimate of drug-likeness (QED) is 0.915. The number of nitriles is 1. The Bertz CT molecular complexity index is 587. The Hall–Kier alpha value is -2.12. The van der Waals surface area contributed by atoms with Crippen LogP contribution in [0.1, 0.15) is 23.4 Å². The van der Waals surface area contributed by atoms with Gasteiger partial charge >= 0.3 is 0 Å². The third-order valence-corrected chi connectivity index (χ3v) is 4.14. The second-order valence-electron chi connectivity index (χ2n) is 4.62. The number of rotatable bonds is 5. The van der Waals surface area contributed by atoms with Crippen LogP contribution in [0.4, 0.5) is 0 Å². The molecule has 4 heteroatoms. The smallest absolute Gasteiger partial charge is 0.238 e. The van der Waals surface area contributed by atoms with Gasteiger partial charge in [0.15, 0.2) is 0 Å². The highest BCUT2D eigenvalue weighted by molar-refractivity contribution is 7.10. The van der Waals surface area contributed by atoms with Gasteiger partial charge in [0.2, 0.25) is 5.91 Å². The van der Waals surface area contributed by atoms with Gasteiger partial charge in [0.05, 0.1) is 12.1 Å². The van der Waals surface area contributed by atoms with Crippen LogP contribution in [-0.4, -0.2) is 5.91 Å². The van der Waals surface area contributed by atoms with Gasteiger partial charge < -0.3 is 5.32 Å². The maximum atomic E-state index is 12.2. The van der Waals surface area contributed by atoms with Crippen LogP contribution >= 0.6 is 11.3 Å². The summed E-state index contributed by atoms with van der Waals surface area (Å²) in [6.07, 6.45) is 0.445. The van der Waals surface area contributed by atoms with Crippen molar-refractivity contribution in [1.29, 1.82) is 5.26 Å². The molecule has 102 valence electrons. The Kier molecular flexibility index (Phi) is 4.91. The summed E-state index contributed by atoms with van der Waals surface area (Å²) in [7, 11) is 0. The summed E-state index contributed by atoms with van der Waals surface area (Å²) < 4.78 is 0. The molecular weight excluding hydrogens is 268 g/mol. The second kappa shape index (κ2) is 6.88. The minimum absolute atomic E-state index is 0.0610. The number of amides is 1. The SMILES string of the molecule is CC(NC(=O)C(C#N)Cc1ccccc1)c1cccs1. The molecule has 3 nitrogen and oxygen atoms in total. The van der Waals surface area contributed by atoms with Crippen molar-refractivity contribution in [3.05, 3.63) is 58.3 Å². The van der Waals surface area contributed by atoms with Gasteiger partial charge in [-0.2, -0.15) is 5.26 Å². The second-order valence-corrected chi connectivity index (χ2v) is 5.60. The molecule has 1 heterocycles. The van der Waals surface area contributed by atoms with Crippen molar-refractivity contribution >= 4 is 17.2 Å². The van der Waals surface area contributed by atoms with Crippen LogP contribution in [-0.2, 0) is 11.2 Å². The monoisotopic (exact) mass is 284 g/mol. The third-order valence-electron chi connectivity index (χ3n) is 3.08. The molecule has 0 radical (unpaired) electrons. The summed E-state index contributed by atoms with van der Waals surface area (Å²) in [6.45, 7) is 1.93. The van der Waals surface area contributed by atoms with Gasteiger partial charge in [0.1, 0.15) is 5.92 Å². The van der Waals surface area contributed by atoms with E-state index < -0.39 is 5.92 Å². The molecule has 2 unspecified atom stereocenters. The van der Waals surface area contributed by atoms with Gasteiger partial charge in [-0.1, -0.05) is 36.4 Å². The largest absolute Gasteiger partial charge is 0.348 e. The van der Waals surface area contributed by atoms with Gasteiger partial charge in [-0.05, 0) is 30.4 Å². The lowest BCUT2D eigenvalue weighted by Gasteiger charge is -2.15. The fourth-order valence-corrected chi connectivity index (χ4v) is 2.70. The van der Waals surface area contributed by atoms with E-state index in [4.69, 9.17) is 0 Å². The van der Waals surface area contributed by atoms with E-state index in [1.54, 1.807) is 11.3 Å². The minimum Gasteiger partial charge on any atom is -0.348 e. The lowest BCUT2D eigenvalue weighted by atomic mass is 9.99. The summed E-state index contributed by atoms with van der Waals surface area (Å²) in [5, 5.41) is 14.1. The summed E-state index contributed by atoms with van der Waals surface area (Å²) >= 11 is 1.60. The number of carbonyl (C=O) groups is 1. The lowest BCUT2D eigenvalue weighted by Crippen LogP contribution is -2.32. The normalized spacial score (nSPS) is 13.2. The van der Waals surface area contributed by atoms with Gasteiger partial charge in [0.25, 0.3) is 0 Å². The maximum absolute atomic E-state index is 12.2. The predicted octanol–water partition coefficient (Wildman–Crippen LogP) is 3.31. The van der Waals surface area contributed by atoms with E-state index in [-0.39, 0.29) is 11.9 Å². The molecule has 0 saturated carbocycles. The van der Waals surface area contributed by atoms with E-state index in [0.29, 0.717) is 6.42 Å². The number of carbonyl (C=O) groups excluding carboxylic acids is 1. The van der Waals surface area contributed by atoms with Crippen LogP contribution < -0.4 is 5.32 Å². The zero-order chi connectivity index (χ0) is 14.4. The maximum Gasteiger partial charge on any atom is 0.238 e. The zero-order valence-corrected chi connectivity index (χ0v) is 12.1. The Morgan fingerprint density at radius 1 is 1.30 bits per heavy atom.